The Morgan fingerprint density at radius 3 is 2.43 bits per heavy atom. The standard InChI is InChI=1S/C29H38N2O4/c1-18(2)9-6-10-19(3)11-7-12-20(4)21(5)17-31-24-15-22(32)16-26(34)28(24)30-27-23(29(31)35)13-8-14-25(27)33/h8-9,11,13-16,20-21,30,32-34H,6-7,10,12,17H2,1-5H3/b19-11+. The molecule has 0 aromatic heterocycles. The number of aromatic hydroxyl groups is 3. The highest BCUT2D eigenvalue weighted by Gasteiger charge is 2.32. The van der Waals surface area contributed by atoms with Gasteiger partial charge in [0.15, 0.2) is 0 Å². The van der Waals surface area contributed by atoms with Crippen molar-refractivity contribution in [1.82, 2.24) is 0 Å². The summed E-state index contributed by atoms with van der Waals surface area (Å²) in [4.78, 5) is 15.2. The smallest absolute Gasteiger partial charge is 0.260 e. The molecule has 2 aromatic rings. The molecule has 0 spiro atoms. The molecule has 0 bridgehead atoms. The van der Waals surface area contributed by atoms with Crippen molar-refractivity contribution < 1.29 is 20.1 Å². The lowest BCUT2D eigenvalue weighted by Crippen LogP contribution is -2.36. The van der Waals surface area contributed by atoms with Gasteiger partial charge in [-0.2, -0.15) is 0 Å². The Morgan fingerprint density at radius 2 is 1.71 bits per heavy atom. The first kappa shape index (κ1) is 26.2. The van der Waals surface area contributed by atoms with Crippen LogP contribution in [0.1, 0.15) is 70.7 Å². The maximum absolute atomic E-state index is 13.6. The number of hydrogen-bond acceptors (Lipinski definition) is 5. The predicted octanol–water partition coefficient (Wildman–Crippen LogP) is 7.25. The van der Waals surface area contributed by atoms with E-state index in [2.05, 4.69) is 52.1 Å². The van der Waals surface area contributed by atoms with Crippen LogP contribution in [0.25, 0.3) is 0 Å². The van der Waals surface area contributed by atoms with Crippen LogP contribution in [-0.4, -0.2) is 27.8 Å². The van der Waals surface area contributed by atoms with Crippen LogP contribution in [-0.2, 0) is 0 Å². The van der Waals surface area contributed by atoms with E-state index < -0.39 is 0 Å². The lowest BCUT2D eigenvalue weighted by atomic mass is 9.90. The molecule has 188 valence electrons. The normalized spacial score (nSPS) is 14.9. The minimum absolute atomic E-state index is 0.0794. The molecule has 0 fully saturated rings. The van der Waals surface area contributed by atoms with Gasteiger partial charge in [0.2, 0.25) is 0 Å². The summed E-state index contributed by atoms with van der Waals surface area (Å²) < 4.78 is 0. The molecule has 0 saturated heterocycles. The van der Waals surface area contributed by atoms with Crippen LogP contribution in [0.4, 0.5) is 17.1 Å². The summed E-state index contributed by atoms with van der Waals surface area (Å²) in [5, 5.41) is 34.1. The van der Waals surface area contributed by atoms with Crippen LogP contribution in [0.2, 0.25) is 0 Å². The summed E-state index contributed by atoms with van der Waals surface area (Å²) in [5.41, 5.74) is 3.97. The molecule has 0 radical (unpaired) electrons. The fraction of sp³-hybridized carbons (Fsp3) is 0.414. The van der Waals surface area contributed by atoms with Crippen molar-refractivity contribution in [3.63, 3.8) is 0 Å². The molecule has 0 aliphatic carbocycles. The number of nitrogens with one attached hydrogen (secondary N) is 1. The van der Waals surface area contributed by atoms with E-state index in [9.17, 15) is 20.1 Å². The van der Waals surface area contributed by atoms with E-state index in [0.717, 1.165) is 25.7 Å². The predicted molar refractivity (Wildman–Crippen MR) is 143 cm³/mol. The number of carbonyl (C=O) groups is 1. The van der Waals surface area contributed by atoms with Gasteiger partial charge >= 0.3 is 0 Å². The molecule has 4 N–H and O–H groups in total. The van der Waals surface area contributed by atoms with Gasteiger partial charge in [-0.1, -0.05) is 43.2 Å². The minimum Gasteiger partial charge on any atom is -0.508 e. The summed E-state index contributed by atoms with van der Waals surface area (Å²) in [6.07, 6.45) is 8.69. The molecular weight excluding hydrogens is 440 g/mol. The molecule has 2 unspecified atom stereocenters. The molecule has 1 aliphatic rings. The topological polar surface area (TPSA) is 93.0 Å². The minimum atomic E-state index is -0.291. The van der Waals surface area contributed by atoms with Crippen LogP contribution in [0.15, 0.2) is 53.6 Å². The summed E-state index contributed by atoms with van der Waals surface area (Å²) in [5.74, 6) is -0.187. The zero-order valence-electron chi connectivity index (χ0n) is 21.4. The van der Waals surface area contributed by atoms with Gasteiger partial charge in [0.25, 0.3) is 5.91 Å². The van der Waals surface area contributed by atoms with E-state index in [1.807, 2.05) is 0 Å². The summed E-state index contributed by atoms with van der Waals surface area (Å²) in [7, 11) is 0. The number of amides is 1. The van der Waals surface area contributed by atoms with Gasteiger partial charge in [0.05, 0.1) is 16.9 Å². The molecular formula is C29H38N2O4. The molecule has 0 saturated carbocycles. The Morgan fingerprint density at radius 1 is 0.971 bits per heavy atom. The molecule has 3 rings (SSSR count). The molecule has 1 aliphatic heterocycles. The van der Waals surface area contributed by atoms with Crippen LogP contribution < -0.4 is 10.2 Å². The summed E-state index contributed by atoms with van der Waals surface area (Å²) in [6.45, 7) is 11.1. The van der Waals surface area contributed by atoms with Gasteiger partial charge in [-0.25, -0.2) is 0 Å². The highest BCUT2D eigenvalue weighted by molar-refractivity contribution is 6.15. The van der Waals surface area contributed by atoms with Gasteiger partial charge in [0.1, 0.15) is 22.9 Å². The first-order chi connectivity index (χ1) is 16.6. The Hall–Kier alpha value is -3.41. The number of para-hydroxylation sites is 1. The number of allylic oxidation sites excluding steroid dienone is 4. The van der Waals surface area contributed by atoms with Gasteiger partial charge in [-0.05, 0) is 70.4 Å². The van der Waals surface area contributed by atoms with Crippen molar-refractivity contribution in [2.75, 3.05) is 16.8 Å². The van der Waals surface area contributed by atoms with Crippen LogP contribution in [0, 0.1) is 11.8 Å². The average molecular weight is 479 g/mol. The number of phenols is 3. The lowest BCUT2D eigenvalue weighted by molar-refractivity contribution is 0.0981. The van der Waals surface area contributed by atoms with Crippen molar-refractivity contribution >= 4 is 23.0 Å². The average Bonchev–Trinajstić information content (AvgIpc) is 2.90. The second-order valence-corrected chi connectivity index (χ2v) is 10.0. The van der Waals surface area contributed by atoms with E-state index in [-0.39, 0.29) is 40.4 Å². The van der Waals surface area contributed by atoms with Gasteiger partial charge < -0.3 is 25.5 Å². The van der Waals surface area contributed by atoms with Crippen molar-refractivity contribution in [2.45, 2.75) is 60.3 Å². The van der Waals surface area contributed by atoms with E-state index in [0.29, 0.717) is 23.7 Å². The van der Waals surface area contributed by atoms with Crippen molar-refractivity contribution in [1.29, 1.82) is 0 Å². The SMILES string of the molecule is CC(C)=CCC/C(C)=C/CCC(C)C(C)CN1C(=O)c2cccc(O)c2Nc2c(O)cc(O)cc21. The van der Waals surface area contributed by atoms with E-state index in [4.69, 9.17) is 0 Å². The van der Waals surface area contributed by atoms with Crippen molar-refractivity contribution in [3.05, 3.63) is 59.2 Å². The molecule has 35 heavy (non-hydrogen) atoms. The number of hydrogen-bond donors (Lipinski definition) is 4. The second kappa shape index (κ2) is 11.3. The van der Waals surface area contributed by atoms with E-state index >= 15 is 0 Å². The fourth-order valence-electron chi connectivity index (χ4n) is 4.38. The molecule has 6 nitrogen and oxygen atoms in total. The number of benzene rings is 2. The number of nitrogens with zero attached hydrogens (tertiary/aromatic N) is 1. The maximum Gasteiger partial charge on any atom is 0.260 e. The highest BCUT2D eigenvalue weighted by Crippen LogP contribution is 2.46. The monoisotopic (exact) mass is 478 g/mol. The summed E-state index contributed by atoms with van der Waals surface area (Å²) >= 11 is 0. The Labute approximate surface area is 208 Å². The number of phenolic OH excluding ortho intramolecular Hbond substituents is 3. The second-order valence-electron chi connectivity index (χ2n) is 10.0. The Kier molecular flexibility index (Phi) is 8.49. The third kappa shape index (κ3) is 6.38. The molecule has 2 atom stereocenters. The van der Waals surface area contributed by atoms with Crippen LogP contribution in [0.3, 0.4) is 0 Å². The van der Waals surface area contributed by atoms with Crippen LogP contribution in [0.5, 0.6) is 17.2 Å². The largest absolute Gasteiger partial charge is 0.508 e. The Bertz CT molecular complexity index is 1130. The molecule has 2 aromatic carbocycles. The fourth-order valence-corrected chi connectivity index (χ4v) is 4.38. The first-order valence-corrected chi connectivity index (χ1v) is 12.3. The Balaban J connectivity index is 1.78. The molecule has 1 amide bonds. The van der Waals surface area contributed by atoms with Crippen molar-refractivity contribution in [2.24, 2.45) is 11.8 Å². The van der Waals surface area contributed by atoms with E-state index in [1.165, 1.54) is 29.3 Å². The summed E-state index contributed by atoms with van der Waals surface area (Å²) in [6, 6.07) is 7.46. The molecule has 6 heteroatoms. The van der Waals surface area contributed by atoms with E-state index in [1.54, 1.807) is 17.0 Å². The van der Waals surface area contributed by atoms with Gasteiger partial charge in [-0.3, -0.25) is 4.79 Å². The third-order valence-electron chi connectivity index (χ3n) is 6.79. The van der Waals surface area contributed by atoms with Gasteiger partial charge in [0, 0.05) is 18.7 Å². The molecule has 1 heterocycles. The number of anilines is 3. The van der Waals surface area contributed by atoms with Crippen molar-refractivity contribution in [3.8, 4) is 17.2 Å². The highest BCUT2D eigenvalue weighted by atomic mass is 16.3. The number of carbonyl (C=O) groups excluding carboxylic acids is 1. The number of rotatable bonds is 9. The first-order valence-electron chi connectivity index (χ1n) is 12.3. The third-order valence-corrected chi connectivity index (χ3v) is 6.79. The zero-order chi connectivity index (χ0) is 25.7. The quantitative estimate of drug-likeness (QED) is 0.173. The zero-order valence-corrected chi connectivity index (χ0v) is 21.4. The number of fused-ring (bicyclic) bond motifs is 2. The lowest BCUT2D eigenvalue weighted by Gasteiger charge is -2.29. The van der Waals surface area contributed by atoms with Crippen LogP contribution >= 0.6 is 0 Å². The van der Waals surface area contributed by atoms with Gasteiger partial charge in [-0.15, -0.1) is 0 Å². The maximum atomic E-state index is 13.6.